The zero-order valence-electron chi connectivity index (χ0n) is 10.4. The summed E-state index contributed by atoms with van der Waals surface area (Å²) in [7, 11) is -3.52. The molecule has 0 radical (unpaired) electrons. The molecule has 1 aliphatic rings. The Morgan fingerprint density at radius 2 is 2.11 bits per heavy atom. The molecule has 1 fully saturated rings. The lowest BCUT2D eigenvalue weighted by Crippen LogP contribution is -2.27. The van der Waals surface area contributed by atoms with Gasteiger partial charge in [-0.2, -0.15) is 5.10 Å². The van der Waals surface area contributed by atoms with Crippen LogP contribution >= 0.6 is 0 Å². The van der Waals surface area contributed by atoms with Gasteiger partial charge in [0.2, 0.25) is 10.0 Å². The Morgan fingerprint density at radius 1 is 1.39 bits per heavy atom. The zero-order chi connectivity index (χ0) is 13.0. The summed E-state index contributed by atoms with van der Waals surface area (Å²) in [6, 6.07) is 0. The number of hydrogen-bond acceptors (Lipinski definition) is 4. The average Bonchev–Trinajstić information content (AvgIpc) is 2.77. The molecule has 1 heterocycles. The van der Waals surface area contributed by atoms with Crippen molar-refractivity contribution < 1.29 is 8.42 Å². The van der Waals surface area contributed by atoms with E-state index in [1.807, 2.05) is 0 Å². The van der Waals surface area contributed by atoms with Crippen LogP contribution in [0.5, 0.6) is 0 Å². The molecular weight excluding hydrogens is 252 g/mol. The molecule has 7 heteroatoms. The zero-order valence-corrected chi connectivity index (χ0v) is 11.2. The van der Waals surface area contributed by atoms with Gasteiger partial charge in [0.15, 0.2) is 0 Å². The lowest BCUT2D eigenvalue weighted by Gasteiger charge is -2.21. The fourth-order valence-electron chi connectivity index (χ4n) is 2.45. The largest absolute Gasteiger partial charge is 0.383 e. The number of nitrogens with zero attached hydrogens (tertiary/aromatic N) is 1. The third-order valence-electron chi connectivity index (χ3n) is 3.49. The molecule has 0 aromatic carbocycles. The molecule has 18 heavy (non-hydrogen) atoms. The Bertz CT molecular complexity index is 477. The van der Waals surface area contributed by atoms with E-state index in [4.69, 9.17) is 5.73 Å². The molecule has 0 amide bonds. The van der Waals surface area contributed by atoms with Crippen LogP contribution in [0.15, 0.2) is 11.1 Å². The minimum atomic E-state index is -3.52. The number of nitrogens with two attached hydrogens (primary N) is 1. The molecule has 0 saturated heterocycles. The molecule has 102 valence electrons. The highest BCUT2D eigenvalue weighted by molar-refractivity contribution is 7.89. The van der Waals surface area contributed by atoms with Crippen molar-refractivity contribution in [1.29, 1.82) is 0 Å². The van der Waals surface area contributed by atoms with Gasteiger partial charge in [0.25, 0.3) is 0 Å². The topological polar surface area (TPSA) is 101 Å². The van der Waals surface area contributed by atoms with Crippen LogP contribution in [0.3, 0.4) is 0 Å². The second-order valence-corrected chi connectivity index (χ2v) is 6.57. The van der Waals surface area contributed by atoms with Crippen molar-refractivity contribution in [3.8, 4) is 0 Å². The van der Waals surface area contributed by atoms with Crippen LogP contribution < -0.4 is 10.5 Å². The first kappa shape index (κ1) is 13.4. The number of sulfonamides is 1. The fourth-order valence-corrected chi connectivity index (χ4v) is 3.52. The van der Waals surface area contributed by atoms with Gasteiger partial charge < -0.3 is 5.73 Å². The van der Waals surface area contributed by atoms with Crippen LogP contribution in [0, 0.1) is 5.92 Å². The summed E-state index contributed by atoms with van der Waals surface area (Å²) in [5.74, 6) is 0.739. The van der Waals surface area contributed by atoms with E-state index in [0.717, 1.165) is 6.42 Å². The first-order valence-corrected chi connectivity index (χ1v) is 7.86. The predicted octanol–water partition coefficient (Wildman–Crippen LogP) is 1.24. The summed E-state index contributed by atoms with van der Waals surface area (Å²) in [6.07, 6.45) is 8.42. The van der Waals surface area contributed by atoms with E-state index in [9.17, 15) is 8.42 Å². The van der Waals surface area contributed by atoms with Gasteiger partial charge in [-0.15, -0.1) is 0 Å². The molecule has 1 aliphatic carbocycles. The monoisotopic (exact) mass is 272 g/mol. The van der Waals surface area contributed by atoms with Gasteiger partial charge in [-0.05, 0) is 12.3 Å². The van der Waals surface area contributed by atoms with E-state index in [2.05, 4.69) is 14.9 Å². The van der Waals surface area contributed by atoms with Crippen molar-refractivity contribution in [1.82, 2.24) is 14.9 Å². The number of anilines is 1. The number of aromatic nitrogens is 2. The van der Waals surface area contributed by atoms with Crippen LogP contribution in [-0.4, -0.2) is 25.2 Å². The third kappa shape index (κ3) is 3.23. The molecule has 1 aromatic rings. The summed E-state index contributed by atoms with van der Waals surface area (Å²) in [5.41, 5.74) is 5.50. The maximum atomic E-state index is 11.9. The van der Waals surface area contributed by atoms with Gasteiger partial charge in [-0.25, -0.2) is 13.1 Å². The number of nitrogens with one attached hydrogen (secondary N) is 2. The summed E-state index contributed by atoms with van der Waals surface area (Å²) >= 11 is 0. The molecule has 6 nitrogen and oxygen atoms in total. The number of nitrogen functional groups attached to an aromatic ring is 1. The first-order chi connectivity index (χ1) is 8.59. The SMILES string of the molecule is Nc1[nH]ncc1S(=O)(=O)NCCC1CCCCC1. The van der Waals surface area contributed by atoms with E-state index < -0.39 is 10.0 Å². The number of aromatic amines is 1. The Balaban J connectivity index is 1.84. The van der Waals surface area contributed by atoms with E-state index >= 15 is 0 Å². The molecule has 0 spiro atoms. The maximum absolute atomic E-state index is 11.9. The van der Waals surface area contributed by atoms with Crippen LogP contribution in [-0.2, 0) is 10.0 Å². The third-order valence-corrected chi connectivity index (χ3v) is 4.98. The van der Waals surface area contributed by atoms with Gasteiger partial charge in [-0.3, -0.25) is 5.10 Å². The molecule has 4 N–H and O–H groups in total. The Hall–Kier alpha value is -1.08. The van der Waals surface area contributed by atoms with E-state index in [0.29, 0.717) is 12.5 Å². The van der Waals surface area contributed by atoms with Crippen molar-refractivity contribution in [2.45, 2.75) is 43.4 Å². The number of hydrogen-bond donors (Lipinski definition) is 3. The van der Waals surface area contributed by atoms with E-state index in [1.54, 1.807) is 0 Å². The van der Waals surface area contributed by atoms with Gasteiger partial charge in [0, 0.05) is 6.54 Å². The molecule has 0 unspecified atom stereocenters. The average molecular weight is 272 g/mol. The standard InChI is InChI=1S/C11H20N4O2S/c12-11-10(8-13-15-11)18(16,17)14-7-6-9-4-2-1-3-5-9/h8-9,14H,1-7H2,(H3,12,13,15). The summed E-state index contributed by atoms with van der Waals surface area (Å²) < 4.78 is 26.4. The smallest absolute Gasteiger partial charge is 0.245 e. The molecule has 0 atom stereocenters. The van der Waals surface area contributed by atoms with Crippen molar-refractivity contribution in [2.75, 3.05) is 12.3 Å². The van der Waals surface area contributed by atoms with Crippen molar-refractivity contribution in [3.05, 3.63) is 6.20 Å². The van der Waals surface area contributed by atoms with E-state index in [-0.39, 0.29) is 10.7 Å². The van der Waals surface area contributed by atoms with Crippen molar-refractivity contribution in [3.63, 3.8) is 0 Å². The summed E-state index contributed by atoms with van der Waals surface area (Å²) in [5, 5.41) is 6.04. The maximum Gasteiger partial charge on any atom is 0.245 e. The van der Waals surface area contributed by atoms with Crippen LogP contribution in [0.25, 0.3) is 0 Å². The Morgan fingerprint density at radius 3 is 2.72 bits per heavy atom. The molecule has 0 aliphatic heterocycles. The highest BCUT2D eigenvalue weighted by atomic mass is 32.2. The first-order valence-electron chi connectivity index (χ1n) is 6.38. The Kier molecular flexibility index (Phi) is 4.23. The second kappa shape index (κ2) is 5.71. The van der Waals surface area contributed by atoms with Gasteiger partial charge >= 0.3 is 0 Å². The molecule has 0 bridgehead atoms. The molecule has 1 aromatic heterocycles. The molecular formula is C11H20N4O2S. The number of rotatable bonds is 5. The highest BCUT2D eigenvalue weighted by Crippen LogP contribution is 2.26. The van der Waals surface area contributed by atoms with Crippen LogP contribution in [0.1, 0.15) is 38.5 Å². The Labute approximate surface area is 107 Å². The lowest BCUT2D eigenvalue weighted by molar-refractivity contribution is 0.339. The van der Waals surface area contributed by atoms with Gasteiger partial charge in [0.05, 0.1) is 6.20 Å². The van der Waals surface area contributed by atoms with E-state index in [1.165, 1.54) is 38.3 Å². The van der Waals surface area contributed by atoms with Gasteiger partial charge in [-0.1, -0.05) is 32.1 Å². The van der Waals surface area contributed by atoms with Crippen LogP contribution in [0.2, 0.25) is 0 Å². The minimum Gasteiger partial charge on any atom is -0.383 e. The van der Waals surface area contributed by atoms with Crippen molar-refractivity contribution in [2.24, 2.45) is 5.92 Å². The molecule has 1 saturated carbocycles. The molecule has 2 rings (SSSR count). The lowest BCUT2D eigenvalue weighted by atomic mass is 9.87. The second-order valence-electron chi connectivity index (χ2n) is 4.84. The van der Waals surface area contributed by atoms with Crippen LogP contribution in [0.4, 0.5) is 5.82 Å². The highest BCUT2D eigenvalue weighted by Gasteiger charge is 2.20. The van der Waals surface area contributed by atoms with Crippen molar-refractivity contribution >= 4 is 15.8 Å². The normalized spacial score (nSPS) is 18.0. The fraction of sp³-hybridized carbons (Fsp3) is 0.727. The van der Waals surface area contributed by atoms with Gasteiger partial charge in [0.1, 0.15) is 10.7 Å². The quantitative estimate of drug-likeness (QED) is 0.750. The minimum absolute atomic E-state index is 0.0335. The predicted molar refractivity (Wildman–Crippen MR) is 69.4 cm³/mol. The number of H-pyrrole nitrogens is 1. The summed E-state index contributed by atoms with van der Waals surface area (Å²) in [4.78, 5) is 0.0335. The summed E-state index contributed by atoms with van der Waals surface area (Å²) in [6.45, 7) is 0.470.